The summed E-state index contributed by atoms with van der Waals surface area (Å²) in [6.45, 7) is 1.60. The second-order valence-electron chi connectivity index (χ2n) is 10.5. The van der Waals surface area contributed by atoms with Crippen LogP contribution in [-0.2, 0) is 19.2 Å². The summed E-state index contributed by atoms with van der Waals surface area (Å²) < 4.78 is 28.4. The molecule has 0 bridgehead atoms. The molecule has 196 valence electrons. The van der Waals surface area contributed by atoms with Gasteiger partial charge in [-0.05, 0) is 61.6 Å². The summed E-state index contributed by atoms with van der Waals surface area (Å²) in [5, 5.41) is 19.7. The summed E-state index contributed by atoms with van der Waals surface area (Å²) in [7, 11) is 0. The highest BCUT2D eigenvalue weighted by molar-refractivity contribution is 6.31. The Morgan fingerprint density at radius 2 is 1.71 bits per heavy atom. The fraction of sp³-hybridized carbons (Fsp3) is 0.333. The summed E-state index contributed by atoms with van der Waals surface area (Å²) in [6, 6.07) is 7.17. The van der Waals surface area contributed by atoms with E-state index in [9.17, 15) is 38.3 Å². The van der Waals surface area contributed by atoms with Crippen molar-refractivity contribution in [2.24, 2.45) is 29.1 Å². The molecule has 0 aromatic heterocycles. The fourth-order valence-electron chi connectivity index (χ4n) is 6.95. The molecule has 6 rings (SSSR count). The lowest BCUT2D eigenvalue weighted by Gasteiger charge is -2.49. The maximum atomic E-state index is 14.6. The van der Waals surface area contributed by atoms with Gasteiger partial charge in [-0.25, -0.2) is 13.7 Å². The number of amides is 4. The molecule has 6 unspecified atom stereocenters. The van der Waals surface area contributed by atoms with E-state index >= 15 is 0 Å². The Kier molecular flexibility index (Phi) is 5.32. The first kappa shape index (κ1) is 24.7. The van der Waals surface area contributed by atoms with Crippen LogP contribution in [0.1, 0.15) is 31.2 Å². The van der Waals surface area contributed by atoms with Crippen LogP contribution in [0.15, 0.2) is 48.0 Å². The van der Waals surface area contributed by atoms with Crippen molar-refractivity contribution >= 4 is 40.9 Å². The third-order valence-electron chi connectivity index (χ3n) is 8.72. The van der Waals surface area contributed by atoms with Crippen molar-refractivity contribution in [2.75, 3.05) is 4.90 Å². The van der Waals surface area contributed by atoms with Gasteiger partial charge >= 0.3 is 0 Å². The predicted molar refractivity (Wildman–Crippen MR) is 128 cm³/mol. The lowest BCUT2D eigenvalue weighted by Crippen LogP contribution is -2.48. The van der Waals surface area contributed by atoms with E-state index < -0.39 is 76.0 Å². The number of rotatable bonds is 2. The van der Waals surface area contributed by atoms with Crippen LogP contribution in [0.4, 0.5) is 14.5 Å². The average molecular weight is 543 g/mol. The van der Waals surface area contributed by atoms with Crippen molar-refractivity contribution in [3.05, 3.63) is 70.3 Å². The highest BCUT2D eigenvalue weighted by Crippen LogP contribution is 2.63. The zero-order valence-corrected chi connectivity index (χ0v) is 20.7. The number of allylic oxidation sites excluding steroid dienone is 2. The largest absolute Gasteiger partial charge is 0.505 e. The van der Waals surface area contributed by atoms with Crippen LogP contribution in [0, 0.1) is 40.7 Å². The molecule has 4 aliphatic rings. The number of carbonyl (C=O) groups is 4. The second kappa shape index (κ2) is 8.18. The Morgan fingerprint density at radius 3 is 2.39 bits per heavy atom. The van der Waals surface area contributed by atoms with E-state index in [1.807, 2.05) is 0 Å². The van der Waals surface area contributed by atoms with Gasteiger partial charge in [0.05, 0.1) is 33.9 Å². The van der Waals surface area contributed by atoms with Crippen LogP contribution in [0.2, 0.25) is 5.02 Å². The van der Waals surface area contributed by atoms with Gasteiger partial charge in [0, 0.05) is 5.92 Å². The Morgan fingerprint density at radius 1 is 0.974 bits per heavy atom. The number of aromatic hydroxyl groups is 1. The molecule has 0 spiro atoms. The van der Waals surface area contributed by atoms with E-state index in [-0.39, 0.29) is 28.6 Å². The van der Waals surface area contributed by atoms with E-state index in [1.54, 1.807) is 13.0 Å². The van der Waals surface area contributed by atoms with Crippen LogP contribution in [0.3, 0.4) is 0 Å². The molecule has 2 aliphatic heterocycles. The molecule has 2 N–H and O–H groups in total. The molecular formula is C27H21ClF2N2O6. The third-order valence-corrected chi connectivity index (χ3v) is 9.01. The van der Waals surface area contributed by atoms with Crippen molar-refractivity contribution in [1.82, 2.24) is 5.06 Å². The summed E-state index contributed by atoms with van der Waals surface area (Å²) in [6.07, 6.45) is 1.89. The minimum Gasteiger partial charge on any atom is -0.505 e. The SMILES string of the molecule is CC12C(=O)N(c3ccc(F)c(Cl)c3)C(=O)C1CC1C(=CCC3C(=O)N(O)C(=O)C31)C2c1ccc(O)c(F)c1. The van der Waals surface area contributed by atoms with Gasteiger partial charge in [-0.3, -0.25) is 24.4 Å². The fourth-order valence-corrected chi connectivity index (χ4v) is 7.13. The van der Waals surface area contributed by atoms with Crippen LogP contribution in [0.25, 0.3) is 0 Å². The molecule has 2 heterocycles. The lowest BCUT2D eigenvalue weighted by atomic mass is 9.51. The number of anilines is 1. The smallest absolute Gasteiger partial charge is 0.257 e. The Hall–Kier alpha value is -3.63. The van der Waals surface area contributed by atoms with Gasteiger partial charge in [0.15, 0.2) is 11.6 Å². The molecule has 1 saturated carbocycles. The van der Waals surface area contributed by atoms with E-state index in [0.717, 1.165) is 23.1 Å². The number of fused-ring (bicyclic) bond motifs is 4. The van der Waals surface area contributed by atoms with E-state index in [0.29, 0.717) is 11.1 Å². The van der Waals surface area contributed by atoms with Crippen LogP contribution in [0.5, 0.6) is 5.75 Å². The highest BCUT2D eigenvalue weighted by atomic mass is 35.5. The Balaban J connectivity index is 1.54. The molecule has 6 atom stereocenters. The number of phenolic OH excluding ortho intramolecular Hbond substituents is 1. The first-order valence-electron chi connectivity index (χ1n) is 12.0. The molecule has 2 aliphatic carbocycles. The predicted octanol–water partition coefficient (Wildman–Crippen LogP) is 3.94. The van der Waals surface area contributed by atoms with Crippen molar-refractivity contribution in [1.29, 1.82) is 0 Å². The number of halogens is 3. The van der Waals surface area contributed by atoms with Crippen molar-refractivity contribution in [3.63, 3.8) is 0 Å². The van der Waals surface area contributed by atoms with Gasteiger partial charge in [0.1, 0.15) is 5.82 Å². The lowest BCUT2D eigenvalue weighted by molar-refractivity contribution is -0.173. The molecule has 8 nitrogen and oxygen atoms in total. The number of hydrogen-bond donors (Lipinski definition) is 2. The number of hydrogen-bond acceptors (Lipinski definition) is 6. The zero-order chi connectivity index (χ0) is 27.3. The van der Waals surface area contributed by atoms with Crippen molar-refractivity contribution < 1.29 is 38.3 Å². The average Bonchev–Trinajstić information content (AvgIpc) is 3.22. The molecule has 3 fully saturated rings. The topological polar surface area (TPSA) is 115 Å². The van der Waals surface area contributed by atoms with Crippen LogP contribution >= 0.6 is 11.6 Å². The van der Waals surface area contributed by atoms with Gasteiger partial charge in [-0.15, -0.1) is 0 Å². The molecule has 2 aromatic rings. The standard InChI is InChI=1S/C27H21ClF2N2O6/c1-27-16(24(35)31(26(27)37)12-3-6-18(29)17(28)9-12)10-15-13(22(27)11-2-7-20(33)19(30)8-11)4-5-14-21(15)25(36)32(38)23(14)34/h2-4,6-9,14-16,21-22,33,38H,5,10H2,1H3. The monoisotopic (exact) mass is 542 g/mol. The number of hydroxylamine groups is 2. The number of carbonyl (C=O) groups excluding carboxylic acids is 4. The van der Waals surface area contributed by atoms with Gasteiger partial charge in [0.25, 0.3) is 11.8 Å². The van der Waals surface area contributed by atoms with Crippen LogP contribution in [-0.4, -0.2) is 39.0 Å². The quantitative estimate of drug-likeness (QED) is 0.337. The molecule has 0 radical (unpaired) electrons. The van der Waals surface area contributed by atoms with Gasteiger partial charge < -0.3 is 5.11 Å². The second-order valence-corrected chi connectivity index (χ2v) is 10.9. The van der Waals surface area contributed by atoms with Crippen LogP contribution < -0.4 is 4.90 Å². The molecule has 11 heteroatoms. The summed E-state index contributed by atoms with van der Waals surface area (Å²) in [5.41, 5.74) is -0.478. The Bertz CT molecular complexity index is 1490. The first-order valence-corrected chi connectivity index (χ1v) is 12.4. The normalized spacial score (nSPS) is 32.3. The van der Waals surface area contributed by atoms with Gasteiger partial charge in [-0.2, -0.15) is 5.06 Å². The van der Waals surface area contributed by atoms with E-state index in [4.69, 9.17) is 11.6 Å². The third kappa shape index (κ3) is 3.10. The summed E-state index contributed by atoms with van der Waals surface area (Å²) >= 11 is 5.94. The van der Waals surface area contributed by atoms with Gasteiger partial charge in [-0.1, -0.05) is 29.3 Å². The zero-order valence-electron chi connectivity index (χ0n) is 19.9. The maximum absolute atomic E-state index is 14.6. The maximum Gasteiger partial charge on any atom is 0.257 e. The molecule has 38 heavy (non-hydrogen) atoms. The number of imide groups is 2. The molecule has 2 aromatic carbocycles. The molecule has 4 amide bonds. The number of phenols is 1. The van der Waals surface area contributed by atoms with E-state index in [2.05, 4.69) is 0 Å². The minimum atomic E-state index is -1.44. The summed E-state index contributed by atoms with van der Waals surface area (Å²) in [4.78, 5) is 54.4. The summed E-state index contributed by atoms with van der Waals surface area (Å²) in [5.74, 6) is -9.28. The van der Waals surface area contributed by atoms with E-state index in [1.165, 1.54) is 18.2 Å². The minimum absolute atomic E-state index is 0.0312. The highest BCUT2D eigenvalue weighted by Gasteiger charge is 2.67. The number of nitrogens with zero attached hydrogens (tertiary/aromatic N) is 2. The molecular weight excluding hydrogens is 522 g/mol. The Labute approximate surface area is 220 Å². The number of benzene rings is 2. The van der Waals surface area contributed by atoms with Gasteiger partial charge in [0.2, 0.25) is 11.8 Å². The first-order chi connectivity index (χ1) is 18.0. The van der Waals surface area contributed by atoms with Crippen molar-refractivity contribution in [3.8, 4) is 5.75 Å². The van der Waals surface area contributed by atoms with Crippen molar-refractivity contribution in [2.45, 2.75) is 25.7 Å². The molecule has 2 saturated heterocycles.